The molecule has 5 nitrogen and oxygen atoms in total. The number of carbonyl (C=O) groups is 1. The lowest BCUT2D eigenvalue weighted by atomic mass is 10.1. The first kappa shape index (κ1) is 12.7. The lowest BCUT2D eigenvalue weighted by Crippen LogP contribution is -2.19. The number of benzene rings is 2. The summed E-state index contributed by atoms with van der Waals surface area (Å²) >= 11 is 1.34. The summed E-state index contributed by atoms with van der Waals surface area (Å²) in [4.78, 5) is 11.0. The second-order valence-electron chi connectivity index (χ2n) is 4.28. The quantitative estimate of drug-likeness (QED) is 0.655. The fraction of sp³-hybridized carbons (Fsp3) is 0.0714. The molecule has 0 aromatic heterocycles. The van der Waals surface area contributed by atoms with Crippen molar-refractivity contribution in [2.45, 2.75) is 0 Å². The van der Waals surface area contributed by atoms with Crippen molar-refractivity contribution in [2.24, 2.45) is 10.2 Å². The molecule has 0 radical (unpaired) electrons. The number of hydrogen-bond acceptors (Lipinski definition) is 5. The molecule has 100 valence electrons. The number of phenols is 1. The maximum absolute atomic E-state index is 11.0. The third-order valence-corrected chi connectivity index (χ3v) is 3.65. The van der Waals surface area contributed by atoms with Crippen LogP contribution < -0.4 is 5.32 Å². The molecule has 1 fully saturated rings. The number of amides is 1. The van der Waals surface area contributed by atoms with Crippen LogP contribution >= 0.6 is 11.8 Å². The Balaban J connectivity index is 1.80. The average molecular weight is 285 g/mol. The van der Waals surface area contributed by atoms with E-state index in [1.807, 2.05) is 24.3 Å². The number of phenolic OH excluding ortho intramolecular Hbond substituents is 1. The highest BCUT2D eigenvalue weighted by molar-refractivity contribution is 8.15. The standard InChI is InChI=1S/C14H11N3O2S/c18-12-4-3-10-5-9(1-2-11(10)6-12)7-15-17-14-16-13(19)8-20-14/h1-7,18H,8H2,(H,16,17,19). The molecule has 0 aliphatic carbocycles. The lowest BCUT2D eigenvalue weighted by molar-refractivity contribution is -0.116. The molecule has 6 heteroatoms. The van der Waals surface area contributed by atoms with Gasteiger partial charge in [-0.1, -0.05) is 30.0 Å². The van der Waals surface area contributed by atoms with Crippen LogP contribution in [0.5, 0.6) is 5.75 Å². The molecular formula is C14H11N3O2S. The predicted octanol–water partition coefficient (Wildman–Crippen LogP) is 2.10. The number of nitrogens with zero attached hydrogens (tertiary/aromatic N) is 2. The predicted molar refractivity (Wildman–Crippen MR) is 81.2 cm³/mol. The Kier molecular flexibility index (Phi) is 3.39. The monoisotopic (exact) mass is 285 g/mol. The van der Waals surface area contributed by atoms with E-state index in [4.69, 9.17) is 0 Å². The van der Waals surface area contributed by atoms with Crippen LogP contribution in [0.1, 0.15) is 5.56 Å². The van der Waals surface area contributed by atoms with Crippen molar-refractivity contribution in [3.63, 3.8) is 0 Å². The van der Waals surface area contributed by atoms with Gasteiger partial charge in [0, 0.05) is 0 Å². The highest BCUT2D eigenvalue weighted by Gasteiger charge is 2.15. The van der Waals surface area contributed by atoms with Crippen molar-refractivity contribution >= 4 is 39.8 Å². The molecule has 0 bridgehead atoms. The summed E-state index contributed by atoms with van der Waals surface area (Å²) in [5.74, 6) is 0.599. The van der Waals surface area contributed by atoms with E-state index in [0.717, 1.165) is 16.3 Å². The van der Waals surface area contributed by atoms with Crippen LogP contribution in [0.25, 0.3) is 10.8 Å². The van der Waals surface area contributed by atoms with E-state index in [1.54, 1.807) is 18.3 Å². The molecule has 2 N–H and O–H groups in total. The Morgan fingerprint density at radius 3 is 2.80 bits per heavy atom. The van der Waals surface area contributed by atoms with Gasteiger partial charge in [0.2, 0.25) is 5.91 Å². The van der Waals surface area contributed by atoms with Crippen LogP contribution in [0.2, 0.25) is 0 Å². The van der Waals surface area contributed by atoms with Gasteiger partial charge in [-0.25, -0.2) is 0 Å². The van der Waals surface area contributed by atoms with E-state index in [2.05, 4.69) is 15.5 Å². The molecule has 3 rings (SSSR count). The van der Waals surface area contributed by atoms with E-state index >= 15 is 0 Å². The molecule has 2 aromatic rings. The summed E-state index contributed by atoms with van der Waals surface area (Å²) in [5.41, 5.74) is 0.905. The van der Waals surface area contributed by atoms with Crippen molar-refractivity contribution in [1.82, 2.24) is 5.32 Å². The van der Waals surface area contributed by atoms with Gasteiger partial charge in [0.15, 0.2) is 5.17 Å². The van der Waals surface area contributed by atoms with Gasteiger partial charge in [0.1, 0.15) is 5.75 Å². The van der Waals surface area contributed by atoms with E-state index < -0.39 is 0 Å². The first-order valence-corrected chi connectivity index (χ1v) is 6.96. The topological polar surface area (TPSA) is 74.0 Å². The van der Waals surface area contributed by atoms with Gasteiger partial charge in [-0.05, 0) is 34.5 Å². The van der Waals surface area contributed by atoms with Gasteiger partial charge < -0.3 is 10.4 Å². The second-order valence-corrected chi connectivity index (χ2v) is 5.24. The molecule has 1 aliphatic rings. The van der Waals surface area contributed by atoms with Crippen molar-refractivity contribution < 1.29 is 9.90 Å². The number of nitrogens with one attached hydrogen (secondary N) is 1. The van der Waals surface area contributed by atoms with Gasteiger partial charge in [0.25, 0.3) is 0 Å². The van der Waals surface area contributed by atoms with Crippen LogP contribution in [-0.4, -0.2) is 28.1 Å². The minimum atomic E-state index is -0.0468. The molecular weight excluding hydrogens is 274 g/mol. The molecule has 1 saturated heterocycles. The van der Waals surface area contributed by atoms with Crippen LogP contribution in [0, 0.1) is 0 Å². The number of aromatic hydroxyl groups is 1. The number of carbonyl (C=O) groups excluding carboxylic acids is 1. The van der Waals surface area contributed by atoms with Crippen LogP contribution in [-0.2, 0) is 4.79 Å². The van der Waals surface area contributed by atoms with Crippen molar-refractivity contribution in [3.8, 4) is 5.75 Å². The van der Waals surface area contributed by atoms with Gasteiger partial charge in [-0.2, -0.15) is 5.10 Å². The van der Waals surface area contributed by atoms with E-state index in [1.165, 1.54) is 11.8 Å². The van der Waals surface area contributed by atoms with E-state index in [9.17, 15) is 9.90 Å². The van der Waals surface area contributed by atoms with Crippen LogP contribution in [0.3, 0.4) is 0 Å². The number of thioether (sulfide) groups is 1. The Morgan fingerprint density at radius 1 is 1.20 bits per heavy atom. The van der Waals surface area contributed by atoms with Gasteiger partial charge >= 0.3 is 0 Å². The minimum absolute atomic E-state index is 0.0468. The first-order valence-electron chi connectivity index (χ1n) is 5.97. The zero-order valence-electron chi connectivity index (χ0n) is 10.4. The second kappa shape index (κ2) is 5.34. The number of rotatable bonds is 2. The molecule has 0 atom stereocenters. The molecule has 2 aromatic carbocycles. The third-order valence-electron chi connectivity index (χ3n) is 2.79. The summed E-state index contributed by atoms with van der Waals surface area (Å²) in [6.07, 6.45) is 1.63. The van der Waals surface area contributed by atoms with Crippen molar-refractivity contribution in [2.75, 3.05) is 5.75 Å². The molecule has 0 unspecified atom stereocenters. The van der Waals surface area contributed by atoms with Gasteiger partial charge in [-0.15, -0.1) is 5.10 Å². The Hall–Kier alpha value is -2.34. The fourth-order valence-electron chi connectivity index (χ4n) is 1.86. The molecule has 1 amide bonds. The first-order chi connectivity index (χ1) is 9.70. The summed E-state index contributed by atoms with van der Waals surface area (Å²) in [6.45, 7) is 0. The Labute approximate surface area is 119 Å². The maximum atomic E-state index is 11.0. The molecule has 1 aliphatic heterocycles. The summed E-state index contributed by atoms with van der Waals surface area (Å²) in [7, 11) is 0. The minimum Gasteiger partial charge on any atom is -0.508 e. The van der Waals surface area contributed by atoms with E-state index in [-0.39, 0.29) is 11.7 Å². The largest absolute Gasteiger partial charge is 0.508 e. The SMILES string of the molecule is O=C1CSC(=NN=Cc2ccc3cc(O)ccc3c2)N1. The summed E-state index contributed by atoms with van der Waals surface area (Å²) in [5, 5.41) is 22.4. The normalized spacial score (nSPS) is 17.2. The Morgan fingerprint density at radius 2 is 2.00 bits per heavy atom. The maximum Gasteiger partial charge on any atom is 0.236 e. The van der Waals surface area contributed by atoms with Crippen LogP contribution in [0.4, 0.5) is 0 Å². The van der Waals surface area contributed by atoms with Crippen molar-refractivity contribution in [3.05, 3.63) is 42.0 Å². The van der Waals surface area contributed by atoms with Crippen molar-refractivity contribution in [1.29, 1.82) is 0 Å². The average Bonchev–Trinajstić information content (AvgIpc) is 2.85. The zero-order chi connectivity index (χ0) is 13.9. The number of hydrogen-bond donors (Lipinski definition) is 2. The molecule has 20 heavy (non-hydrogen) atoms. The number of fused-ring (bicyclic) bond motifs is 1. The highest BCUT2D eigenvalue weighted by atomic mass is 32.2. The van der Waals surface area contributed by atoms with Gasteiger partial charge in [0.05, 0.1) is 12.0 Å². The zero-order valence-corrected chi connectivity index (χ0v) is 11.2. The molecule has 0 saturated carbocycles. The smallest absolute Gasteiger partial charge is 0.236 e. The Bertz CT molecular complexity index is 740. The fourth-order valence-corrected chi connectivity index (χ4v) is 2.49. The summed E-state index contributed by atoms with van der Waals surface area (Å²) < 4.78 is 0. The number of amidine groups is 1. The van der Waals surface area contributed by atoms with Gasteiger partial charge in [-0.3, -0.25) is 4.79 Å². The van der Waals surface area contributed by atoms with Crippen LogP contribution in [0.15, 0.2) is 46.6 Å². The third kappa shape index (κ3) is 2.80. The molecule has 0 spiro atoms. The van der Waals surface area contributed by atoms with E-state index in [0.29, 0.717) is 10.9 Å². The summed E-state index contributed by atoms with van der Waals surface area (Å²) in [6, 6.07) is 11.0. The lowest BCUT2D eigenvalue weighted by Gasteiger charge is -1.99. The molecule has 1 heterocycles. The highest BCUT2D eigenvalue weighted by Crippen LogP contribution is 2.20.